The van der Waals surface area contributed by atoms with Crippen molar-refractivity contribution in [1.82, 2.24) is 5.32 Å². The quantitative estimate of drug-likeness (QED) is 0.192. The van der Waals surface area contributed by atoms with E-state index in [-0.39, 0.29) is 25.0 Å². The van der Waals surface area contributed by atoms with Crippen LogP contribution in [0, 0.1) is 5.92 Å². The number of esters is 1. The predicted molar refractivity (Wildman–Crippen MR) is 189 cm³/mol. The minimum atomic E-state index is -0.659. The van der Waals surface area contributed by atoms with Crippen LogP contribution in [0.5, 0.6) is 5.75 Å². The number of halogens is 1. The van der Waals surface area contributed by atoms with Crippen molar-refractivity contribution in [2.45, 2.75) is 64.9 Å². The van der Waals surface area contributed by atoms with Crippen LogP contribution in [-0.2, 0) is 14.3 Å². The number of rotatable bonds is 12. The summed E-state index contributed by atoms with van der Waals surface area (Å²) in [5, 5.41) is 5.85. The van der Waals surface area contributed by atoms with E-state index in [0.717, 1.165) is 19.3 Å². The van der Waals surface area contributed by atoms with Gasteiger partial charge in [-0.1, -0.05) is 68.0 Å². The summed E-state index contributed by atoms with van der Waals surface area (Å²) in [6.07, 6.45) is 6.63. The molecule has 0 aliphatic heterocycles. The summed E-state index contributed by atoms with van der Waals surface area (Å²) < 4.78 is 11.4. The molecule has 0 bridgehead atoms. The molecule has 2 N–H and O–H groups in total. The van der Waals surface area contributed by atoms with Gasteiger partial charge in [0.05, 0.1) is 17.8 Å². The van der Waals surface area contributed by atoms with Crippen LogP contribution < -0.4 is 25.2 Å². The van der Waals surface area contributed by atoms with Gasteiger partial charge in [-0.3, -0.25) is 9.59 Å². The maximum atomic E-state index is 13.7. The average Bonchev–Trinajstić information content (AvgIpc) is 3.06. The fourth-order valence-electron chi connectivity index (χ4n) is 5.52. The lowest BCUT2D eigenvalue weighted by molar-refractivity contribution is -0.120. The summed E-state index contributed by atoms with van der Waals surface area (Å²) in [6, 6.07) is 19.9. The Morgan fingerprint density at radius 3 is 2.35 bits per heavy atom. The highest BCUT2D eigenvalue weighted by Crippen LogP contribution is 2.31. The number of amides is 4. The number of anilines is 3. The summed E-state index contributed by atoms with van der Waals surface area (Å²) in [5.41, 5.74) is 1.16. The lowest BCUT2D eigenvalue weighted by atomic mass is 9.87. The Morgan fingerprint density at radius 1 is 0.896 bits per heavy atom. The van der Waals surface area contributed by atoms with Gasteiger partial charge < -0.3 is 29.9 Å². The maximum Gasteiger partial charge on any atom is 0.338 e. The molecule has 256 valence electrons. The van der Waals surface area contributed by atoms with Crippen molar-refractivity contribution in [2.75, 3.05) is 41.9 Å². The lowest BCUT2D eigenvalue weighted by Gasteiger charge is -2.29. The van der Waals surface area contributed by atoms with Crippen LogP contribution in [-0.4, -0.2) is 56.2 Å². The van der Waals surface area contributed by atoms with Crippen molar-refractivity contribution in [3.63, 3.8) is 0 Å². The third-order valence-corrected chi connectivity index (χ3v) is 8.25. The SMILES string of the molecule is CN(C(=O)COc1ccccc1N(CCC1CCCCC1)C(=O)CNC(=O)Nc1cccc(C(=O)OC(C)(C)C)c1)c1cccc(Cl)c1. The third-order valence-electron chi connectivity index (χ3n) is 8.02. The van der Waals surface area contributed by atoms with Crippen LogP contribution in [0.4, 0.5) is 21.9 Å². The minimum Gasteiger partial charge on any atom is -0.482 e. The van der Waals surface area contributed by atoms with Crippen LogP contribution >= 0.6 is 11.6 Å². The van der Waals surface area contributed by atoms with Crippen molar-refractivity contribution < 1.29 is 28.7 Å². The zero-order valence-corrected chi connectivity index (χ0v) is 28.8. The van der Waals surface area contributed by atoms with Gasteiger partial charge in [-0.05, 0) is 81.6 Å². The van der Waals surface area contributed by atoms with E-state index in [4.69, 9.17) is 21.1 Å². The van der Waals surface area contributed by atoms with Gasteiger partial charge in [-0.25, -0.2) is 9.59 Å². The fraction of sp³-hybridized carbons (Fsp3) is 0.405. The topological polar surface area (TPSA) is 117 Å². The van der Waals surface area contributed by atoms with Crippen molar-refractivity contribution in [1.29, 1.82) is 0 Å². The number of nitrogens with zero attached hydrogens (tertiary/aromatic N) is 2. The van der Waals surface area contributed by atoms with Gasteiger partial charge in [0.1, 0.15) is 11.4 Å². The second-order valence-electron chi connectivity index (χ2n) is 12.9. The van der Waals surface area contributed by atoms with Crippen LogP contribution in [0.25, 0.3) is 0 Å². The zero-order valence-electron chi connectivity index (χ0n) is 28.1. The molecule has 10 nitrogen and oxygen atoms in total. The molecule has 3 aromatic carbocycles. The molecule has 3 aromatic rings. The van der Waals surface area contributed by atoms with Crippen molar-refractivity contribution in [2.24, 2.45) is 5.92 Å². The predicted octanol–water partition coefficient (Wildman–Crippen LogP) is 7.46. The molecule has 4 amide bonds. The molecule has 1 fully saturated rings. The molecule has 0 spiro atoms. The number of carbonyl (C=O) groups is 4. The van der Waals surface area contributed by atoms with Crippen molar-refractivity contribution in [3.8, 4) is 5.75 Å². The number of likely N-dealkylation sites (N-methyl/N-ethyl adjacent to an activating group) is 1. The monoisotopic (exact) mass is 676 g/mol. The number of benzene rings is 3. The van der Waals surface area contributed by atoms with E-state index in [1.807, 2.05) is 0 Å². The normalized spacial score (nSPS) is 13.3. The van der Waals surface area contributed by atoms with Crippen LogP contribution in [0.1, 0.15) is 69.7 Å². The molecule has 1 saturated carbocycles. The molecule has 11 heteroatoms. The minimum absolute atomic E-state index is 0.256. The standard InChI is InChI=1S/C37H45ClN4O6/c1-37(2,3)48-35(45)27-14-10-16-29(22-27)40-36(46)39-24-33(43)42(21-20-26-12-6-5-7-13-26)31-18-8-9-19-32(31)47-25-34(44)41(4)30-17-11-15-28(38)23-30/h8-11,14-19,22-23,26H,5-7,12-13,20-21,24-25H2,1-4H3,(H2,39,40,46). The van der Waals surface area contributed by atoms with E-state index in [9.17, 15) is 19.2 Å². The molecule has 0 atom stereocenters. The lowest BCUT2D eigenvalue weighted by Crippen LogP contribution is -2.42. The Morgan fingerprint density at radius 2 is 1.62 bits per heavy atom. The second kappa shape index (κ2) is 17.0. The van der Waals surface area contributed by atoms with E-state index in [1.165, 1.54) is 30.2 Å². The molecule has 0 saturated heterocycles. The summed E-state index contributed by atoms with van der Waals surface area (Å²) in [4.78, 5) is 55.2. The Kier molecular flexibility index (Phi) is 12.9. The number of ether oxygens (including phenoxy) is 2. The summed E-state index contributed by atoms with van der Waals surface area (Å²) in [6.45, 7) is 5.23. The number of carbonyl (C=O) groups excluding carboxylic acids is 4. The molecule has 1 aliphatic carbocycles. The van der Waals surface area contributed by atoms with Crippen molar-refractivity contribution >= 4 is 52.5 Å². The third kappa shape index (κ3) is 11.0. The number of para-hydroxylation sites is 2. The molecule has 48 heavy (non-hydrogen) atoms. The number of hydrogen-bond donors (Lipinski definition) is 2. The van der Waals surface area contributed by atoms with Gasteiger partial charge in [-0.2, -0.15) is 0 Å². The average molecular weight is 677 g/mol. The highest BCUT2D eigenvalue weighted by Gasteiger charge is 2.24. The van der Waals surface area contributed by atoms with E-state index in [1.54, 1.807) is 99.4 Å². The Labute approximate surface area is 287 Å². The first kappa shape index (κ1) is 36.3. The second-order valence-corrected chi connectivity index (χ2v) is 13.4. The van der Waals surface area contributed by atoms with Crippen LogP contribution in [0.2, 0.25) is 5.02 Å². The van der Waals surface area contributed by atoms with Gasteiger partial charge >= 0.3 is 12.0 Å². The molecule has 0 aromatic heterocycles. The molecule has 1 aliphatic rings. The Balaban J connectivity index is 1.43. The van der Waals surface area contributed by atoms with Gasteiger partial charge in [0.15, 0.2) is 6.61 Å². The molecule has 0 radical (unpaired) electrons. The molecule has 0 unspecified atom stereocenters. The first-order chi connectivity index (χ1) is 22.9. The molecule has 0 heterocycles. The van der Waals surface area contributed by atoms with Crippen molar-refractivity contribution in [3.05, 3.63) is 83.4 Å². The number of urea groups is 1. The first-order valence-corrected chi connectivity index (χ1v) is 16.7. The summed E-state index contributed by atoms with van der Waals surface area (Å²) in [7, 11) is 1.65. The van der Waals surface area contributed by atoms with E-state index in [2.05, 4.69) is 10.6 Å². The molecular formula is C37H45ClN4O6. The highest BCUT2D eigenvalue weighted by molar-refractivity contribution is 6.30. The van der Waals surface area contributed by atoms with Crippen LogP contribution in [0.15, 0.2) is 72.8 Å². The summed E-state index contributed by atoms with van der Waals surface area (Å²) in [5.74, 6) is -0.244. The Hall–Kier alpha value is -4.57. The number of hydrogen-bond acceptors (Lipinski definition) is 6. The van der Waals surface area contributed by atoms with Gasteiger partial charge in [0.2, 0.25) is 5.91 Å². The summed E-state index contributed by atoms with van der Waals surface area (Å²) >= 11 is 6.11. The highest BCUT2D eigenvalue weighted by atomic mass is 35.5. The maximum absolute atomic E-state index is 13.7. The Bertz CT molecular complexity index is 1580. The van der Waals surface area contributed by atoms with E-state index < -0.39 is 17.6 Å². The van der Waals surface area contributed by atoms with E-state index in [0.29, 0.717) is 45.9 Å². The molecular weight excluding hydrogens is 632 g/mol. The van der Waals surface area contributed by atoms with Gasteiger partial charge in [-0.15, -0.1) is 0 Å². The van der Waals surface area contributed by atoms with Gasteiger partial charge in [0, 0.05) is 30.0 Å². The first-order valence-electron chi connectivity index (χ1n) is 16.3. The van der Waals surface area contributed by atoms with Crippen LogP contribution in [0.3, 0.4) is 0 Å². The van der Waals surface area contributed by atoms with Gasteiger partial charge in [0.25, 0.3) is 5.91 Å². The van der Waals surface area contributed by atoms with E-state index >= 15 is 0 Å². The fourth-order valence-corrected chi connectivity index (χ4v) is 5.71. The zero-order chi connectivity index (χ0) is 34.7. The largest absolute Gasteiger partial charge is 0.482 e. The molecule has 4 rings (SSSR count). The number of nitrogens with one attached hydrogen (secondary N) is 2. The smallest absolute Gasteiger partial charge is 0.338 e.